The lowest BCUT2D eigenvalue weighted by molar-refractivity contribution is -0.651. The van der Waals surface area contributed by atoms with Crippen LogP contribution in [0.2, 0.25) is 0 Å². The maximum Gasteiger partial charge on any atom is 0.390 e. The van der Waals surface area contributed by atoms with Gasteiger partial charge in [0.25, 0.3) is 39.5 Å². The summed E-state index contributed by atoms with van der Waals surface area (Å²) in [6.07, 6.45) is 45.3. The van der Waals surface area contributed by atoms with Gasteiger partial charge in [0, 0.05) is 127 Å². The van der Waals surface area contributed by atoms with Crippen LogP contribution in [-0.4, -0.2) is 110 Å². The van der Waals surface area contributed by atoms with Crippen LogP contribution in [0.5, 0.6) is 0 Å². The summed E-state index contributed by atoms with van der Waals surface area (Å²) in [4.78, 5) is 66.3. The highest BCUT2D eigenvalue weighted by Gasteiger charge is 2.40. The number of thiazole rings is 1. The number of nitrogens with zero attached hydrogens (tertiary/aromatic N) is 28. The molecule has 0 unspecified atom stereocenters. The van der Waals surface area contributed by atoms with Gasteiger partial charge in [0.1, 0.15) is 18.8 Å². The van der Waals surface area contributed by atoms with Gasteiger partial charge in [-0.1, -0.05) is 34.5 Å². The molecule has 1 aromatic carbocycles. The Kier molecular flexibility index (Phi) is 11.3. The van der Waals surface area contributed by atoms with Crippen LogP contribution in [0.25, 0.3) is 146 Å². The summed E-state index contributed by atoms with van der Waals surface area (Å²) in [5.41, 5.74) is 24.7. The molecular formula is C73H51N28OS+5. The largest absolute Gasteiger partial charge is 0.396 e. The van der Waals surface area contributed by atoms with Crippen molar-refractivity contribution in [2.75, 3.05) is 0 Å². The van der Waals surface area contributed by atoms with Crippen molar-refractivity contribution in [3.63, 3.8) is 0 Å². The first-order chi connectivity index (χ1) is 52.1. The van der Waals surface area contributed by atoms with Gasteiger partial charge in [0.2, 0.25) is 39.2 Å². The summed E-state index contributed by atoms with van der Waals surface area (Å²) in [5.74, 6) is 3.73. The number of fused-ring (bicyclic) bond motifs is 35. The SMILES string of the molecule is C[n+]1c2n(c3nc4cnccn4c31)Cc1ccncc1-2.[2H]C([2H])([2H])[n+]1c2n(c3nc4cnccn4c31)Cc1ccncc1-2.c1cc2c(cn1)-c1oc3c(nc4cnccn43)[n+]1C2.c1cc2c(cn1)-c1sc3c(nc4cnccn43)[n+]1C2.c1ccc(-n2c3[n+](c4nc5cnccn5c42)Cc2ccncc2-3)cc1. The first kappa shape index (κ1) is 53.8. The third-order valence-electron chi connectivity index (χ3n) is 19.7. The van der Waals surface area contributed by atoms with Crippen molar-refractivity contribution in [2.45, 2.75) is 32.7 Å². The molecule has 0 N–H and O–H groups in total. The van der Waals surface area contributed by atoms with E-state index in [0.29, 0.717) is 29.3 Å². The topological polar surface area (TPSA) is 263 Å². The van der Waals surface area contributed by atoms with Crippen LogP contribution in [-0.2, 0) is 46.7 Å². The fraction of sp³-hybridized carbons (Fsp3) is 0.0959. The standard InChI is InChI=1S/C19H13N6.2C14H11N6.C13H8N5O.C13H8N5S/c1-2-4-14(5-3-1)25-18-15-10-20-7-6-13(15)12-24(18)17-19(25)23-9-8-21-11-16(23)22-17;2*1-18-13-10-6-15-3-2-9(10)8-20(13)12-14(18)19-5-4-16-7-11(19)17-12;2*1-2-14-5-9-8(1)7-18-11-13(19-12(9)18)17-4-3-15-6-10(17)16-11/h1-11H,12H2;2*2-7H,8H2,1H3;2*1-6H,7H2/q5*+1/i;1D3;;;. The molecule has 0 bridgehead atoms. The number of para-hydroxylation sites is 1. The van der Waals surface area contributed by atoms with Crippen LogP contribution in [0.15, 0.2) is 220 Å². The first-order valence-corrected chi connectivity index (χ1v) is 33.7. The van der Waals surface area contributed by atoms with Crippen LogP contribution in [0, 0.1) is 0 Å². The number of imidazole rings is 8. The molecule has 0 aliphatic carbocycles. The molecule has 0 saturated heterocycles. The molecule has 490 valence electrons. The zero-order valence-electron chi connectivity index (χ0n) is 57.1. The third-order valence-corrected chi connectivity index (χ3v) is 20.9. The van der Waals surface area contributed by atoms with Gasteiger partial charge in [-0.3, -0.25) is 58.6 Å². The Balaban J connectivity index is 0.0000000830. The maximum absolute atomic E-state index is 8.00. The Hall–Kier alpha value is -14.2. The Morgan fingerprint density at radius 1 is 0.408 bits per heavy atom. The van der Waals surface area contributed by atoms with Crippen molar-refractivity contribution < 1.29 is 31.4 Å². The molecule has 0 spiro atoms. The van der Waals surface area contributed by atoms with Crippen molar-refractivity contribution >= 4 is 95.3 Å². The minimum atomic E-state index is -2.32. The van der Waals surface area contributed by atoms with Crippen molar-refractivity contribution in [1.29, 1.82) is 0 Å². The monoisotopic (exact) mass is 1370 g/mol. The van der Waals surface area contributed by atoms with Gasteiger partial charge in [0.05, 0.1) is 121 Å². The number of hydrogen-bond acceptors (Lipinski definition) is 17. The van der Waals surface area contributed by atoms with E-state index in [1.54, 1.807) is 102 Å². The van der Waals surface area contributed by atoms with Crippen LogP contribution < -0.4 is 22.8 Å². The molecule has 21 aromatic rings. The zero-order chi connectivity index (χ0) is 70.2. The molecule has 5 aliphatic rings. The average molecular weight is 1370 g/mol. The Labute approximate surface area is 586 Å². The van der Waals surface area contributed by atoms with Crippen molar-refractivity contribution in [1.82, 2.24) is 110 Å². The van der Waals surface area contributed by atoms with Gasteiger partial charge < -0.3 is 4.42 Å². The summed E-state index contributed by atoms with van der Waals surface area (Å²) in [6, 6.07) is 20.6. The summed E-state index contributed by atoms with van der Waals surface area (Å²) >= 11 is 1.76. The molecule has 103 heavy (non-hydrogen) atoms. The molecule has 30 heteroatoms. The Bertz CT molecular complexity index is 7090. The highest BCUT2D eigenvalue weighted by Crippen LogP contribution is 2.38. The van der Waals surface area contributed by atoms with E-state index in [9.17, 15) is 0 Å². The lowest BCUT2D eigenvalue weighted by Gasteiger charge is -2.04. The number of oxazole rings is 1. The molecule has 5 aliphatic heterocycles. The second-order valence-electron chi connectivity index (χ2n) is 25.2. The number of pyridine rings is 5. The summed E-state index contributed by atoms with van der Waals surface area (Å²) < 4.78 is 56.5. The fourth-order valence-corrected chi connectivity index (χ4v) is 16.4. The lowest BCUT2D eigenvalue weighted by atomic mass is 10.2. The molecule has 25 heterocycles. The summed E-state index contributed by atoms with van der Waals surface area (Å²) in [6.45, 7) is 1.57. The van der Waals surface area contributed by atoms with Crippen LogP contribution >= 0.6 is 11.3 Å². The van der Waals surface area contributed by atoms with Gasteiger partial charge in [-0.25, -0.2) is 45.2 Å². The average Bonchev–Trinajstić information content (AvgIpc) is 1.57. The predicted octanol–water partition coefficient (Wildman–Crippen LogP) is 7.09. The highest BCUT2D eigenvalue weighted by atomic mass is 32.1. The van der Waals surface area contributed by atoms with E-state index >= 15 is 0 Å². The highest BCUT2D eigenvalue weighted by molar-refractivity contribution is 7.20. The third kappa shape index (κ3) is 8.27. The van der Waals surface area contributed by atoms with E-state index in [-0.39, 0.29) is 0 Å². The molecule has 20 aromatic heterocycles. The quantitative estimate of drug-likeness (QED) is 0.149. The number of benzene rings is 1. The summed E-state index contributed by atoms with van der Waals surface area (Å²) in [5, 5.41) is 1.24. The van der Waals surface area contributed by atoms with E-state index in [2.05, 4.69) is 155 Å². The van der Waals surface area contributed by atoms with Crippen LogP contribution in [0.4, 0.5) is 0 Å². The number of rotatable bonds is 1. The molecular weight excluding hydrogens is 1320 g/mol. The van der Waals surface area contributed by atoms with Crippen molar-refractivity contribution in [3.05, 3.63) is 243 Å². The molecule has 0 amide bonds. The minimum absolute atomic E-state index is 0.548. The maximum atomic E-state index is 8.00. The van der Waals surface area contributed by atoms with Gasteiger partial charge in [0.15, 0.2) is 5.01 Å². The van der Waals surface area contributed by atoms with Gasteiger partial charge in [-0.15, -0.1) is 0 Å². The normalized spacial score (nSPS) is 13.5. The number of aryl methyl sites for hydroxylation is 2. The smallest absolute Gasteiger partial charge is 0.390 e. The van der Waals surface area contributed by atoms with Gasteiger partial charge in [-0.2, -0.15) is 14.5 Å². The fourth-order valence-electron chi connectivity index (χ4n) is 15.2. The van der Waals surface area contributed by atoms with Crippen molar-refractivity contribution in [2.24, 2.45) is 14.0 Å². The zero-order valence-corrected chi connectivity index (χ0v) is 54.9. The molecule has 26 rings (SSSR count). The van der Waals surface area contributed by atoms with Crippen LogP contribution in [0.1, 0.15) is 31.9 Å². The number of hydrogen-bond donors (Lipinski definition) is 0. The second kappa shape index (κ2) is 21.7. The van der Waals surface area contributed by atoms with E-state index in [4.69, 9.17) is 18.5 Å². The molecule has 29 nitrogen and oxygen atoms in total. The van der Waals surface area contributed by atoms with E-state index in [1.165, 1.54) is 47.8 Å². The van der Waals surface area contributed by atoms with E-state index in [1.807, 2.05) is 95.3 Å². The molecule has 0 radical (unpaired) electrons. The Morgan fingerprint density at radius 3 is 1.50 bits per heavy atom. The Morgan fingerprint density at radius 2 is 0.864 bits per heavy atom. The van der Waals surface area contributed by atoms with E-state index < -0.39 is 6.98 Å². The minimum Gasteiger partial charge on any atom is -0.396 e. The first-order valence-electron chi connectivity index (χ1n) is 34.4. The summed E-state index contributed by atoms with van der Waals surface area (Å²) in [7, 11) is 2.07. The molecule has 0 atom stereocenters. The number of aromatic nitrogens is 28. The van der Waals surface area contributed by atoms with E-state index in [0.717, 1.165) is 134 Å². The van der Waals surface area contributed by atoms with Crippen LogP contribution in [0.3, 0.4) is 0 Å². The van der Waals surface area contributed by atoms with Crippen molar-refractivity contribution in [3.8, 4) is 61.9 Å². The molecule has 0 fully saturated rings. The molecule has 0 saturated carbocycles. The van der Waals surface area contributed by atoms with Gasteiger partial charge in [-0.05, 0) is 52.4 Å². The predicted molar refractivity (Wildman–Crippen MR) is 373 cm³/mol. The lowest BCUT2D eigenvalue weighted by Crippen LogP contribution is -2.31. The second-order valence-corrected chi connectivity index (χ2v) is 26.2. The van der Waals surface area contributed by atoms with Gasteiger partial charge >= 0.3 is 28.5 Å².